The summed E-state index contributed by atoms with van der Waals surface area (Å²) in [6.07, 6.45) is 2.22. The van der Waals surface area contributed by atoms with Gasteiger partial charge in [0.2, 0.25) is 0 Å². The lowest BCUT2D eigenvalue weighted by atomic mass is 10.0. The quantitative estimate of drug-likeness (QED) is 0.485. The number of benzene rings is 1. The van der Waals surface area contributed by atoms with Gasteiger partial charge in [0.25, 0.3) is 11.8 Å². The van der Waals surface area contributed by atoms with Crippen LogP contribution in [-0.4, -0.2) is 29.8 Å². The van der Waals surface area contributed by atoms with Crippen LogP contribution in [0.1, 0.15) is 30.6 Å². The Morgan fingerprint density at radius 1 is 1.33 bits per heavy atom. The van der Waals surface area contributed by atoms with E-state index in [0.717, 1.165) is 4.90 Å². The van der Waals surface area contributed by atoms with Crippen LogP contribution in [0.2, 0.25) is 0 Å². The lowest BCUT2D eigenvalue weighted by molar-refractivity contribution is -0.129. The predicted octanol–water partition coefficient (Wildman–Crippen LogP) is 1.35. The minimum atomic E-state index is -0.722. The summed E-state index contributed by atoms with van der Waals surface area (Å²) in [6, 6.07) is 5.70. The second-order valence-electron chi connectivity index (χ2n) is 5.27. The molecule has 0 unspecified atom stereocenters. The van der Waals surface area contributed by atoms with Crippen LogP contribution in [0.4, 0.5) is 5.69 Å². The third-order valence-electron chi connectivity index (χ3n) is 2.96. The van der Waals surface area contributed by atoms with Gasteiger partial charge < -0.3 is 11.1 Å². The predicted molar refractivity (Wildman–Crippen MR) is 79.9 cm³/mol. The number of nitrogens with two attached hydrogens (primary N) is 1. The number of anilines is 1. The monoisotopic (exact) mass is 288 g/mol. The van der Waals surface area contributed by atoms with Crippen molar-refractivity contribution in [1.29, 1.82) is 5.26 Å². The Morgan fingerprint density at radius 3 is 2.38 bits per heavy atom. The van der Waals surface area contributed by atoms with Gasteiger partial charge in [-0.1, -0.05) is 13.8 Å². The Morgan fingerprint density at radius 2 is 1.90 bits per heavy atom. The second-order valence-corrected chi connectivity index (χ2v) is 5.27. The van der Waals surface area contributed by atoms with E-state index in [1.54, 1.807) is 30.5 Å². The highest BCUT2D eigenvalue weighted by Crippen LogP contribution is 2.10. The lowest BCUT2D eigenvalue weighted by Crippen LogP contribution is -2.46. The van der Waals surface area contributed by atoms with Gasteiger partial charge in [-0.25, -0.2) is 0 Å². The molecule has 1 rings (SSSR count). The van der Waals surface area contributed by atoms with E-state index in [-0.39, 0.29) is 11.8 Å². The highest BCUT2D eigenvalue weighted by atomic mass is 16.2. The van der Waals surface area contributed by atoms with E-state index < -0.39 is 11.9 Å². The van der Waals surface area contributed by atoms with E-state index in [2.05, 4.69) is 5.32 Å². The maximum Gasteiger partial charge on any atom is 0.257 e. The van der Waals surface area contributed by atoms with Gasteiger partial charge in [-0.05, 0) is 36.6 Å². The molecule has 0 radical (unpaired) electrons. The third kappa shape index (κ3) is 4.80. The fourth-order valence-electron chi connectivity index (χ4n) is 1.85. The molecular weight excluding hydrogens is 268 g/mol. The zero-order valence-electron chi connectivity index (χ0n) is 12.5. The van der Waals surface area contributed by atoms with Crippen LogP contribution in [0.5, 0.6) is 0 Å². The lowest BCUT2D eigenvalue weighted by Gasteiger charge is -2.21. The Labute approximate surface area is 124 Å². The number of hydrogen-bond acceptors (Lipinski definition) is 4. The first kappa shape index (κ1) is 16.5. The van der Waals surface area contributed by atoms with Gasteiger partial charge in [0.1, 0.15) is 6.04 Å². The normalized spacial score (nSPS) is 11.6. The average Bonchev–Trinajstić information content (AvgIpc) is 2.45. The van der Waals surface area contributed by atoms with Crippen molar-refractivity contribution in [3.63, 3.8) is 0 Å². The number of amides is 2. The molecule has 0 saturated carbocycles. The summed E-state index contributed by atoms with van der Waals surface area (Å²) in [5.74, 6) is -0.576. The van der Waals surface area contributed by atoms with E-state index in [4.69, 9.17) is 11.0 Å². The van der Waals surface area contributed by atoms with Crippen molar-refractivity contribution in [2.75, 3.05) is 12.8 Å². The molecule has 0 spiro atoms. The van der Waals surface area contributed by atoms with E-state index in [1.165, 1.54) is 7.05 Å². The molecule has 0 aliphatic carbocycles. The van der Waals surface area contributed by atoms with Gasteiger partial charge in [-0.2, -0.15) is 5.26 Å². The van der Waals surface area contributed by atoms with Crippen LogP contribution < -0.4 is 11.1 Å². The maximum atomic E-state index is 12.2. The third-order valence-corrected chi connectivity index (χ3v) is 2.96. The first-order valence-corrected chi connectivity index (χ1v) is 6.68. The summed E-state index contributed by atoms with van der Waals surface area (Å²) >= 11 is 0. The highest BCUT2D eigenvalue weighted by molar-refractivity contribution is 5.97. The van der Waals surface area contributed by atoms with Gasteiger partial charge in [0.05, 0.1) is 0 Å². The number of hydrogen-bond donors (Lipinski definition) is 2. The molecule has 0 fully saturated rings. The Balaban J connectivity index is 2.85. The number of nitriles is 1. The SMILES string of the molecule is CC(C)C[C@H](NC(=O)c1ccc(N)cc1)C(=O)N(C)C#N. The van der Waals surface area contributed by atoms with E-state index >= 15 is 0 Å². The Kier molecular flexibility index (Phi) is 5.73. The molecule has 6 nitrogen and oxygen atoms in total. The van der Waals surface area contributed by atoms with Crippen LogP contribution in [0.15, 0.2) is 24.3 Å². The first-order valence-electron chi connectivity index (χ1n) is 6.68. The van der Waals surface area contributed by atoms with Crippen molar-refractivity contribution in [2.24, 2.45) is 5.92 Å². The molecule has 2 amide bonds. The fourth-order valence-corrected chi connectivity index (χ4v) is 1.85. The minimum absolute atomic E-state index is 0.206. The molecule has 0 heterocycles. The van der Waals surface area contributed by atoms with Crippen LogP contribution in [0, 0.1) is 17.4 Å². The summed E-state index contributed by atoms with van der Waals surface area (Å²) in [6.45, 7) is 3.89. The Bertz CT molecular complexity index is 546. The number of nitrogen functional groups attached to an aromatic ring is 1. The number of carbonyl (C=O) groups is 2. The van der Waals surface area contributed by atoms with Crippen molar-refractivity contribution < 1.29 is 9.59 Å². The summed E-state index contributed by atoms with van der Waals surface area (Å²) < 4.78 is 0. The molecular formula is C15H20N4O2. The summed E-state index contributed by atoms with van der Waals surface area (Å²) in [5.41, 5.74) is 6.55. The van der Waals surface area contributed by atoms with Crippen LogP contribution in [0.3, 0.4) is 0 Å². The van der Waals surface area contributed by atoms with Gasteiger partial charge in [-0.3, -0.25) is 14.5 Å². The summed E-state index contributed by atoms with van der Waals surface area (Å²) in [7, 11) is 1.38. The highest BCUT2D eigenvalue weighted by Gasteiger charge is 2.25. The average molecular weight is 288 g/mol. The van der Waals surface area contributed by atoms with E-state index in [0.29, 0.717) is 17.7 Å². The van der Waals surface area contributed by atoms with Crippen molar-refractivity contribution in [2.45, 2.75) is 26.3 Å². The summed E-state index contributed by atoms with van der Waals surface area (Å²) in [4.78, 5) is 25.2. The maximum absolute atomic E-state index is 12.2. The molecule has 0 aromatic heterocycles. The van der Waals surface area contributed by atoms with Crippen molar-refractivity contribution >= 4 is 17.5 Å². The molecule has 6 heteroatoms. The number of rotatable bonds is 5. The van der Waals surface area contributed by atoms with Crippen molar-refractivity contribution in [3.8, 4) is 6.19 Å². The molecule has 0 aliphatic heterocycles. The van der Waals surface area contributed by atoms with E-state index in [9.17, 15) is 9.59 Å². The smallest absolute Gasteiger partial charge is 0.257 e. The van der Waals surface area contributed by atoms with Gasteiger partial charge in [-0.15, -0.1) is 0 Å². The number of likely N-dealkylation sites (N-methyl/N-ethyl adjacent to an activating group) is 1. The second kappa shape index (κ2) is 7.29. The van der Waals surface area contributed by atoms with Gasteiger partial charge >= 0.3 is 0 Å². The van der Waals surface area contributed by atoms with Crippen LogP contribution in [0.25, 0.3) is 0 Å². The summed E-state index contributed by atoms with van der Waals surface area (Å²) in [5, 5.41) is 11.5. The van der Waals surface area contributed by atoms with Crippen LogP contribution in [-0.2, 0) is 4.79 Å². The van der Waals surface area contributed by atoms with Crippen molar-refractivity contribution in [1.82, 2.24) is 10.2 Å². The fraction of sp³-hybridized carbons (Fsp3) is 0.400. The molecule has 3 N–H and O–H groups in total. The molecule has 112 valence electrons. The molecule has 21 heavy (non-hydrogen) atoms. The number of nitrogens with zero attached hydrogens (tertiary/aromatic N) is 2. The Hall–Kier alpha value is -2.55. The van der Waals surface area contributed by atoms with Crippen molar-refractivity contribution in [3.05, 3.63) is 29.8 Å². The van der Waals surface area contributed by atoms with Gasteiger partial charge in [0, 0.05) is 18.3 Å². The molecule has 1 aromatic carbocycles. The van der Waals surface area contributed by atoms with Gasteiger partial charge in [0.15, 0.2) is 6.19 Å². The number of carbonyl (C=O) groups excluding carboxylic acids is 2. The minimum Gasteiger partial charge on any atom is -0.399 e. The number of nitrogens with one attached hydrogen (secondary N) is 1. The first-order chi connectivity index (χ1) is 9.85. The molecule has 1 aromatic rings. The molecule has 0 bridgehead atoms. The standard InChI is InChI=1S/C15H20N4O2/c1-10(2)8-13(15(21)19(3)9-16)18-14(20)11-4-6-12(17)7-5-11/h4-7,10,13H,8,17H2,1-3H3,(H,18,20)/t13-/m0/s1. The van der Waals surface area contributed by atoms with Crippen LogP contribution >= 0.6 is 0 Å². The zero-order chi connectivity index (χ0) is 16.0. The largest absolute Gasteiger partial charge is 0.399 e. The molecule has 1 atom stereocenters. The molecule has 0 aliphatic rings. The van der Waals surface area contributed by atoms with E-state index in [1.807, 2.05) is 13.8 Å². The zero-order valence-corrected chi connectivity index (χ0v) is 12.5. The molecule has 0 saturated heterocycles. The topological polar surface area (TPSA) is 99.2 Å².